The van der Waals surface area contributed by atoms with E-state index in [2.05, 4.69) is 20.6 Å². The Morgan fingerprint density at radius 2 is 2.00 bits per heavy atom. The molecule has 0 saturated carbocycles. The summed E-state index contributed by atoms with van der Waals surface area (Å²) in [6.45, 7) is 0.572. The molecular weight excluding hydrogens is 356 g/mol. The van der Waals surface area contributed by atoms with Crippen molar-refractivity contribution in [3.8, 4) is 17.2 Å². The quantitative estimate of drug-likeness (QED) is 0.565. The predicted octanol–water partition coefficient (Wildman–Crippen LogP) is -0.643. The fourth-order valence-electron chi connectivity index (χ4n) is 2.21. The van der Waals surface area contributed by atoms with Gasteiger partial charge in [-0.05, 0) is 12.1 Å². The number of benzene rings is 1. The number of hydrogen-bond donors (Lipinski definition) is 1. The average molecular weight is 372 g/mol. The van der Waals surface area contributed by atoms with Crippen LogP contribution in [0.2, 0.25) is 0 Å². The monoisotopic (exact) mass is 372 g/mol. The fraction of sp³-hybridized carbons (Fsp3) is 0.250. The molecule has 140 valence electrons. The molecule has 0 aliphatic carbocycles. The maximum atomic E-state index is 12.4. The maximum absolute atomic E-state index is 12.4. The Balaban J connectivity index is 2.01. The molecule has 3 rings (SSSR count). The number of nitrogens with zero attached hydrogens (tertiary/aromatic N) is 5. The summed E-state index contributed by atoms with van der Waals surface area (Å²) < 4.78 is 11.6. The molecule has 0 spiro atoms. The molecule has 1 amide bonds. The second-order valence-electron chi connectivity index (χ2n) is 5.41. The number of aromatic nitrogens is 5. The van der Waals surface area contributed by atoms with E-state index in [0.717, 1.165) is 9.25 Å². The Bertz CT molecular complexity index is 1070. The number of carbonyl (C=O) groups is 1. The van der Waals surface area contributed by atoms with Crippen molar-refractivity contribution in [2.75, 3.05) is 20.3 Å². The molecule has 27 heavy (non-hydrogen) atoms. The van der Waals surface area contributed by atoms with E-state index in [1.807, 2.05) is 0 Å². The van der Waals surface area contributed by atoms with Gasteiger partial charge in [0.1, 0.15) is 0 Å². The number of ether oxygens (including phenoxy) is 1. The highest BCUT2D eigenvalue weighted by Gasteiger charge is 2.21. The topological polar surface area (TPSA) is 134 Å². The van der Waals surface area contributed by atoms with Gasteiger partial charge in [0.25, 0.3) is 5.56 Å². The van der Waals surface area contributed by atoms with Crippen LogP contribution >= 0.6 is 0 Å². The van der Waals surface area contributed by atoms with Crippen molar-refractivity contribution in [1.29, 1.82) is 0 Å². The molecule has 11 nitrogen and oxygen atoms in total. The van der Waals surface area contributed by atoms with E-state index in [0.29, 0.717) is 12.3 Å². The van der Waals surface area contributed by atoms with E-state index in [1.165, 1.54) is 14.2 Å². The first-order valence-corrected chi connectivity index (χ1v) is 7.90. The second-order valence-corrected chi connectivity index (χ2v) is 5.41. The van der Waals surface area contributed by atoms with Gasteiger partial charge in [0, 0.05) is 20.7 Å². The smallest absolute Gasteiger partial charge is 0.351 e. The van der Waals surface area contributed by atoms with Crippen molar-refractivity contribution in [2.45, 2.75) is 0 Å². The van der Waals surface area contributed by atoms with Crippen LogP contribution < -0.4 is 16.6 Å². The minimum Gasteiger partial charge on any atom is -0.383 e. The van der Waals surface area contributed by atoms with Crippen molar-refractivity contribution in [3.05, 3.63) is 57.1 Å². The Kier molecular flexibility index (Phi) is 5.22. The van der Waals surface area contributed by atoms with Gasteiger partial charge in [-0.25, -0.2) is 4.79 Å². The number of para-hydroxylation sites is 1. The lowest BCUT2D eigenvalue weighted by molar-refractivity contribution is 0.0893. The minimum atomic E-state index is -0.709. The van der Waals surface area contributed by atoms with Gasteiger partial charge < -0.3 is 14.6 Å². The van der Waals surface area contributed by atoms with Crippen LogP contribution in [-0.2, 0) is 11.8 Å². The minimum absolute atomic E-state index is 0.197. The first-order valence-electron chi connectivity index (χ1n) is 7.90. The number of methoxy groups -OCH3 is 1. The van der Waals surface area contributed by atoms with Crippen LogP contribution in [0.4, 0.5) is 0 Å². The third-order valence-electron chi connectivity index (χ3n) is 3.60. The molecule has 1 N–H and O–H groups in total. The van der Waals surface area contributed by atoms with Crippen molar-refractivity contribution >= 4 is 5.91 Å². The van der Waals surface area contributed by atoms with E-state index in [9.17, 15) is 14.4 Å². The van der Waals surface area contributed by atoms with Gasteiger partial charge in [-0.2, -0.15) is 14.8 Å². The molecule has 1 aromatic carbocycles. The highest BCUT2D eigenvalue weighted by molar-refractivity contribution is 5.89. The maximum Gasteiger partial charge on any atom is 0.351 e. The largest absolute Gasteiger partial charge is 0.383 e. The van der Waals surface area contributed by atoms with Crippen LogP contribution in [0.3, 0.4) is 0 Å². The van der Waals surface area contributed by atoms with E-state index in [1.54, 1.807) is 30.3 Å². The Hall–Kier alpha value is -3.60. The highest BCUT2D eigenvalue weighted by atomic mass is 16.5. The van der Waals surface area contributed by atoms with Crippen LogP contribution in [0.1, 0.15) is 10.7 Å². The molecule has 0 fully saturated rings. The summed E-state index contributed by atoms with van der Waals surface area (Å²) in [6.07, 6.45) is 0. The highest BCUT2D eigenvalue weighted by Crippen LogP contribution is 2.09. The summed E-state index contributed by atoms with van der Waals surface area (Å²) in [6, 6.07) is 8.56. The third-order valence-corrected chi connectivity index (χ3v) is 3.60. The Morgan fingerprint density at radius 1 is 1.26 bits per heavy atom. The molecule has 0 aliphatic rings. The van der Waals surface area contributed by atoms with Crippen molar-refractivity contribution in [2.24, 2.45) is 7.05 Å². The number of carbonyl (C=O) groups excluding carboxylic acids is 1. The Morgan fingerprint density at radius 3 is 2.70 bits per heavy atom. The van der Waals surface area contributed by atoms with Crippen LogP contribution in [0, 0.1) is 0 Å². The molecule has 0 radical (unpaired) electrons. The molecule has 0 bridgehead atoms. The van der Waals surface area contributed by atoms with Gasteiger partial charge in [0.05, 0.1) is 12.3 Å². The third kappa shape index (κ3) is 3.67. The lowest BCUT2D eigenvalue weighted by Crippen LogP contribution is -2.40. The summed E-state index contributed by atoms with van der Waals surface area (Å²) in [5.74, 6) is -1.14. The summed E-state index contributed by atoms with van der Waals surface area (Å²) in [5.41, 5.74) is -1.10. The Labute approximate surface area is 152 Å². The van der Waals surface area contributed by atoms with Crippen LogP contribution in [0.15, 0.2) is 44.4 Å². The van der Waals surface area contributed by atoms with E-state index < -0.39 is 17.2 Å². The zero-order chi connectivity index (χ0) is 19.4. The first kappa shape index (κ1) is 18.2. The van der Waals surface area contributed by atoms with Crippen molar-refractivity contribution in [3.63, 3.8) is 0 Å². The number of rotatable bonds is 6. The molecule has 3 aromatic rings. The molecule has 0 atom stereocenters. The zero-order valence-corrected chi connectivity index (χ0v) is 14.6. The average Bonchev–Trinajstić information content (AvgIpc) is 3.17. The SMILES string of the molecule is COCCNC(=O)c1nc(-c2nn(-c3ccccc3)c(=O)n(C)c2=O)no1. The lowest BCUT2D eigenvalue weighted by atomic mass is 10.3. The number of nitrogens with one attached hydrogen (secondary N) is 1. The molecule has 0 saturated heterocycles. The predicted molar refractivity (Wildman–Crippen MR) is 92.6 cm³/mol. The summed E-state index contributed by atoms with van der Waals surface area (Å²) in [5, 5.41) is 10.2. The molecular formula is C16H16N6O5. The zero-order valence-electron chi connectivity index (χ0n) is 14.6. The number of amides is 1. The van der Waals surface area contributed by atoms with Crippen molar-refractivity contribution in [1.82, 2.24) is 29.8 Å². The molecule has 2 aromatic heterocycles. The van der Waals surface area contributed by atoms with Gasteiger partial charge >= 0.3 is 17.5 Å². The fourth-order valence-corrected chi connectivity index (χ4v) is 2.21. The number of hydrogen-bond acceptors (Lipinski definition) is 8. The molecule has 11 heteroatoms. The summed E-state index contributed by atoms with van der Waals surface area (Å²) in [7, 11) is 2.81. The van der Waals surface area contributed by atoms with E-state index >= 15 is 0 Å². The summed E-state index contributed by atoms with van der Waals surface area (Å²) in [4.78, 5) is 40.6. The van der Waals surface area contributed by atoms with Gasteiger partial charge in [0.2, 0.25) is 5.82 Å². The van der Waals surface area contributed by atoms with E-state index in [4.69, 9.17) is 9.26 Å². The van der Waals surface area contributed by atoms with Gasteiger partial charge in [0.15, 0.2) is 5.69 Å². The second kappa shape index (κ2) is 7.74. The van der Waals surface area contributed by atoms with Gasteiger partial charge in [-0.1, -0.05) is 23.4 Å². The molecule has 2 heterocycles. The summed E-state index contributed by atoms with van der Waals surface area (Å²) >= 11 is 0. The van der Waals surface area contributed by atoms with Crippen molar-refractivity contribution < 1.29 is 14.1 Å². The van der Waals surface area contributed by atoms with Gasteiger partial charge in [-0.3, -0.25) is 14.2 Å². The molecule has 0 aliphatic heterocycles. The lowest BCUT2D eigenvalue weighted by Gasteiger charge is -2.07. The van der Waals surface area contributed by atoms with Crippen LogP contribution in [-0.4, -0.2) is 50.7 Å². The molecule has 0 unspecified atom stereocenters. The van der Waals surface area contributed by atoms with E-state index in [-0.39, 0.29) is 24.0 Å². The standard InChI is InChI=1S/C16H16N6O5/c1-21-15(24)11(19-22(16(21)25)10-6-4-3-5-7-10)12-18-14(27-20-12)13(23)17-8-9-26-2/h3-7H,8-9H2,1-2H3,(H,17,23). The van der Waals surface area contributed by atoms with Crippen LogP contribution in [0.5, 0.6) is 0 Å². The van der Waals surface area contributed by atoms with Crippen LogP contribution in [0.25, 0.3) is 17.2 Å². The normalized spacial score (nSPS) is 10.7. The first-order chi connectivity index (χ1) is 13.0. The van der Waals surface area contributed by atoms with Gasteiger partial charge in [-0.15, -0.1) is 0 Å².